The minimum Gasteiger partial charge on any atom is -0.462 e. The van der Waals surface area contributed by atoms with Gasteiger partial charge in [-0.25, -0.2) is 4.57 Å². The number of phosphoric acid groups is 1. The average molecular weight is 1220 g/mol. The topological polar surface area (TPSA) is 134 Å². The normalized spacial score (nSPS) is 12.8. The van der Waals surface area contributed by atoms with Crippen LogP contribution in [0, 0.1) is 0 Å². The summed E-state index contributed by atoms with van der Waals surface area (Å²) in [5, 5.41) is 0. The monoisotopic (exact) mass is 1220 g/mol. The van der Waals surface area contributed by atoms with Crippen LogP contribution in [0.5, 0.6) is 0 Å². The van der Waals surface area contributed by atoms with Gasteiger partial charge in [-0.2, -0.15) is 0 Å². The molecule has 0 fully saturated rings. The summed E-state index contributed by atoms with van der Waals surface area (Å²) in [6.45, 7) is 3.84. The van der Waals surface area contributed by atoms with Crippen molar-refractivity contribution in [3.05, 3.63) is 12.2 Å². The molecule has 0 aromatic heterocycles. The molecule has 0 aliphatic rings. The van der Waals surface area contributed by atoms with E-state index < -0.39 is 26.5 Å². The second-order valence-electron chi connectivity index (χ2n) is 26.2. The van der Waals surface area contributed by atoms with Gasteiger partial charge in [-0.1, -0.05) is 386 Å². The summed E-state index contributed by atoms with van der Waals surface area (Å²) in [4.78, 5) is 35.4. The Hall–Kier alpha value is -1.25. The number of carbonyl (C=O) groups excluding carboxylic acids is 2. The van der Waals surface area contributed by atoms with Crippen LogP contribution in [0.2, 0.25) is 0 Å². The van der Waals surface area contributed by atoms with Crippen molar-refractivity contribution in [2.75, 3.05) is 26.4 Å². The second kappa shape index (κ2) is 71.8. The van der Waals surface area contributed by atoms with Gasteiger partial charge in [0, 0.05) is 19.4 Å². The molecule has 2 unspecified atom stereocenters. The Labute approximate surface area is 530 Å². The van der Waals surface area contributed by atoms with Crippen LogP contribution in [0.3, 0.4) is 0 Å². The molecule has 0 aromatic carbocycles. The van der Waals surface area contributed by atoms with E-state index in [9.17, 15) is 19.0 Å². The van der Waals surface area contributed by atoms with Crippen LogP contribution < -0.4 is 5.73 Å². The highest BCUT2D eigenvalue weighted by Gasteiger charge is 2.26. The summed E-state index contributed by atoms with van der Waals surface area (Å²) in [5.41, 5.74) is 5.41. The summed E-state index contributed by atoms with van der Waals surface area (Å²) in [5.74, 6) is -0.799. The number of ether oxygens (including phenoxy) is 2. The zero-order valence-electron chi connectivity index (χ0n) is 57.1. The average Bonchev–Trinajstić information content (AvgIpc) is 3.53. The molecule has 10 heteroatoms. The first-order valence-electron chi connectivity index (χ1n) is 38.2. The number of esters is 2. The van der Waals surface area contributed by atoms with Crippen molar-refractivity contribution in [3.8, 4) is 0 Å². The summed E-state index contributed by atoms with van der Waals surface area (Å²) in [7, 11) is -4.39. The van der Waals surface area contributed by atoms with Gasteiger partial charge in [-0.05, 0) is 38.5 Å². The van der Waals surface area contributed by atoms with E-state index in [2.05, 4.69) is 26.0 Å². The highest BCUT2D eigenvalue weighted by atomic mass is 31.2. The van der Waals surface area contributed by atoms with Crippen molar-refractivity contribution in [2.45, 2.75) is 431 Å². The van der Waals surface area contributed by atoms with Crippen LogP contribution in [0.4, 0.5) is 0 Å². The lowest BCUT2D eigenvalue weighted by atomic mass is 10.0. The maximum Gasteiger partial charge on any atom is 0.472 e. The molecule has 0 aliphatic heterocycles. The predicted molar refractivity (Wildman–Crippen MR) is 368 cm³/mol. The highest BCUT2D eigenvalue weighted by molar-refractivity contribution is 7.47. The Morgan fingerprint density at radius 3 is 0.835 bits per heavy atom. The van der Waals surface area contributed by atoms with Crippen LogP contribution in [-0.4, -0.2) is 49.3 Å². The van der Waals surface area contributed by atoms with Gasteiger partial charge in [-0.3, -0.25) is 18.6 Å². The van der Waals surface area contributed by atoms with E-state index in [0.717, 1.165) is 32.1 Å². The molecule has 506 valence electrons. The lowest BCUT2D eigenvalue weighted by Crippen LogP contribution is -2.29. The molecule has 2 atom stereocenters. The van der Waals surface area contributed by atoms with Crippen molar-refractivity contribution in [1.82, 2.24) is 0 Å². The molecule has 0 heterocycles. The first kappa shape index (κ1) is 83.8. The van der Waals surface area contributed by atoms with Crippen molar-refractivity contribution in [1.29, 1.82) is 0 Å². The fourth-order valence-corrected chi connectivity index (χ4v) is 12.8. The molecule has 0 amide bonds. The first-order valence-corrected chi connectivity index (χ1v) is 39.7. The fraction of sp³-hybridized carbons (Fsp3) is 0.947. The lowest BCUT2D eigenvalue weighted by molar-refractivity contribution is -0.161. The van der Waals surface area contributed by atoms with Gasteiger partial charge in [0.2, 0.25) is 0 Å². The number of hydrogen-bond acceptors (Lipinski definition) is 8. The number of hydrogen-bond donors (Lipinski definition) is 2. The molecule has 9 nitrogen and oxygen atoms in total. The molecule has 0 rings (SSSR count). The van der Waals surface area contributed by atoms with E-state index in [4.69, 9.17) is 24.3 Å². The molecule has 85 heavy (non-hydrogen) atoms. The minimum absolute atomic E-state index is 0.0576. The molecular weight excluding hydrogens is 1070 g/mol. The maximum absolute atomic E-state index is 12.8. The van der Waals surface area contributed by atoms with Crippen LogP contribution in [0.15, 0.2) is 12.2 Å². The molecule has 0 saturated heterocycles. The zero-order valence-corrected chi connectivity index (χ0v) is 58.0. The molecule has 0 saturated carbocycles. The molecule has 0 spiro atoms. The van der Waals surface area contributed by atoms with E-state index in [-0.39, 0.29) is 38.6 Å². The summed E-state index contributed by atoms with van der Waals surface area (Å²) in [6, 6.07) is 0. The SMILES string of the molecule is CCCCCCCCCC/C=C\CCCCCCCCCCCCCCCCCC(=O)OC(COC(=O)CCCCCCCCCCCCCCCCCCCCCCCCCCCCCCCCCCCCCCC)COP(=O)(O)OCCN. The Balaban J connectivity index is 3.74. The Kier molecular flexibility index (Phi) is 70.8. The van der Waals surface area contributed by atoms with Crippen molar-refractivity contribution < 1.29 is 37.6 Å². The summed E-state index contributed by atoms with van der Waals surface area (Å²) in [6.07, 6.45) is 87.8. The predicted octanol–water partition coefficient (Wildman–Crippen LogP) is 25.1. The Bertz CT molecular complexity index is 1400. The van der Waals surface area contributed by atoms with Gasteiger partial charge < -0.3 is 20.1 Å². The van der Waals surface area contributed by atoms with E-state index >= 15 is 0 Å². The van der Waals surface area contributed by atoms with Crippen LogP contribution >= 0.6 is 7.82 Å². The third-order valence-corrected chi connectivity index (χ3v) is 18.6. The van der Waals surface area contributed by atoms with Crippen LogP contribution in [0.25, 0.3) is 0 Å². The number of allylic oxidation sites excluding steroid dienone is 2. The van der Waals surface area contributed by atoms with E-state index in [1.165, 1.54) is 360 Å². The molecule has 0 bridgehead atoms. The number of nitrogens with two attached hydrogens (primary N) is 1. The quantitative estimate of drug-likeness (QED) is 0.0264. The molecule has 3 N–H and O–H groups in total. The van der Waals surface area contributed by atoms with Crippen LogP contribution in [-0.2, 0) is 32.7 Å². The van der Waals surface area contributed by atoms with E-state index in [1.807, 2.05) is 0 Å². The zero-order chi connectivity index (χ0) is 61.6. The van der Waals surface area contributed by atoms with E-state index in [1.54, 1.807) is 0 Å². The number of phosphoric ester groups is 1. The number of carbonyl (C=O) groups is 2. The summed E-state index contributed by atoms with van der Waals surface area (Å²) < 4.78 is 33.2. The third-order valence-electron chi connectivity index (χ3n) is 17.7. The molecule has 0 radical (unpaired) electrons. The van der Waals surface area contributed by atoms with Gasteiger partial charge >= 0.3 is 19.8 Å². The van der Waals surface area contributed by atoms with Gasteiger partial charge in [-0.15, -0.1) is 0 Å². The maximum atomic E-state index is 12.8. The second-order valence-corrected chi connectivity index (χ2v) is 27.7. The highest BCUT2D eigenvalue weighted by Crippen LogP contribution is 2.43. The standard InChI is InChI=1S/C75H148NO8P/c1-3-5-7-9-11-13-15-17-19-21-23-25-27-29-31-32-33-34-35-36-37-38-39-40-42-43-45-47-49-51-53-55-57-59-61-63-65-67-74(77)81-71-73(72-83-85(79,80)82-70-69-76)84-75(78)68-66-64-62-60-58-56-54-52-50-48-46-44-41-30-28-26-24-22-20-18-16-14-12-10-8-6-4-2/h22,24,73H,3-21,23,25-72,76H2,1-2H3,(H,79,80)/b24-22-. The Morgan fingerprint density at radius 1 is 0.341 bits per heavy atom. The van der Waals surface area contributed by atoms with Crippen molar-refractivity contribution in [3.63, 3.8) is 0 Å². The van der Waals surface area contributed by atoms with Crippen molar-refractivity contribution >= 4 is 19.8 Å². The number of rotatable bonds is 74. The fourth-order valence-electron chi connectivity index (χ4n) is 12.0. The number of unbranched alkanes of at least 4 members (excludes halogenated alkanes) is 59. The van der Waals surface area contributed by atoms with Gasteiger partial charge in [0.1, 0.15) is 6.61 Å². The summed E-state index contributed by atoms with van der Waals surface area (Å²) >= 11 is 0. The lowest BCUT2D eigenvalue weighted by Gasteiger charge is -2.19. The van der Waals surface area contributed by atoms with Gasteiger partial charge in [0.05, 0.1) is 13.2 Å². The van der Waals surface area contributed by atoms with Gasteiger partial charge in [0.25, 0.3) is 0 Å². The molecular formula is C75H148NO8P. The molecule has 0 aromatic rings. The van der Waals surface area contributed by atoms with Crippen molar-refractivity contribution in [2.24, 2.45) is 5.73 Å². The van der Waals surface area contributed by atoms with Crippen LogP contribution in [0.1, 0.15) is 425 Å². The molecule has 0 aliphatic carbocycles. The van der Waals surface area contributed by atoms with E-state index in [0.29, 0.717) is 6.42 Å². The first-order chi connectivity index (χ1) is 41.8. The smallest absolute Gasteiger partial charge is 0.462 e. The third kappa shape index (κ3) is 71.7. The minimum atomic E-state index is -4.39. The van der Waals surface area contributed by atoms with Gasteiger partial charge in [0.15, 0.2) is 6.10 Å². The largest absolute Gasteiger partial charge is 0.472 e. The Morgan fingerprint density at radius 2 is 0.576 bits per heavy atom.